The van der Waals surface area contributed by atoms with Crippen molar-refractivity contribution in [2.75, 3.05) is 13.1 Å². The molecule has 2 rings (SSSR count). The third kappa shape index (κ3) is 1.65. The van der Waals surface area contributed by atoms with Crippen molar-refractivity contribution in [2.24, 2.45) is 5.92 Å². The molecule has 0 amide bonds. The average molecular weight is 195 g/mol. The first-order chi connectivity index (χ1) is 6.79. The van der Waals surface area contributed by atoms with Gasteiger partial charge in [-0.25, -0.2) is 0 Å². The van der Waals surface area contributed by atoms with E-state index in [1.165, 1.54) is 0 Å². The summed E-state index contributed by atoms with van der Waals surface area (Å²) < 4.78 is 4.98. The van der Waals surface area contributed by atoms with Gasteiger partial charge in [-0.2, -0.15) is 0 Å². The Morgan fingerprint density at radius 3 is 3.14 bits per heavy atom. The van der Waals surface area contributed by atoms with Gasteiger partial charge in [-0.3, -0.25) is 4.79 Å². The van der Waals surface area contributed by atoms with Gasteiger partial charge in [-0.15, -0.1) is 0 Å². The molecule has 0 aromatic carbocycles. The number of hydrogen-bond donors (Lipinski definition) is 2. The van der Waals surface area contributed by atoms with Crippen LogP contribution in [0.1, 0.15) is 17.9 Å². The van der Waals surface area contributed by atoms with Crippen LogP contribution in [-0.4, -0.2) is 24.2 Å². The van der Waals surface area contributed by atoms with Gasteiger partial charge in [0.25, 0.3) is 0 Å². The lowest BCUT2D eigenvalue weighted by Gasteiger charge is -2.28. The van der Waals surface area contributed by atoms with Gasteiger partial charge in [0, 0.05) is 12.5 Å². The molecule has 0 saturated carbocycles. The molecule has 14 heavy (non-hydrogen) atoms. The first-order valence-corrected chi connectivity index (χ1v) is 4.74. The fourth-order valence-electron chi connectivity index (χ4n) is 2.00. The Bertz CT molecular complexity index is 307. The van der Waals surface area contributed by atoms with Crippen LogP contribution >= 0.6 is 0 Å². The maximum atomic E-state index is 11.0. The fourth-order valence-corrected chi connectivity index (χ4v) is 2.00. The number of aliphatic carboxylic acids is 1. The highest BCUT2D eigenvalue weighted by Gasteiger charge is 2.32. The summed E-state index contributed by atoms with van der Waals surface area (Å²) in [6.45, 7) is 1.42. The van der Waals surface area contributed by atoms with E-state index >= 15 is 0 Å². The molecule has 2 unspecified atom stereocenters. The fraction of sp³-hybridized carbons (Fsp3) is 0.500. The smallest absolute Gasteiger partial charge is 0.308 e. The zero-order chi connectivity index (χ0) is 9.97. The SMILES string of the molecule is O=C(O)C1CNCCC1c1ccoc1. The van der Waals surface area contributed by atoms with Crippen molar-refractivity contribution >= 4 is 5.97 Å². The lowest BCUT2D eigenvalue weighted by Crippen LogP contribution is -2.39. The largest absolute Gasteiger partial charge is 0.481 e. The molecule has 2 heterocycles. The highest BCUT2D eigenvalue weighted by molar-refractivity contribution is 5.71. The number of furan rings is 1. The average Bonchev–Trinajstić information content (AvgIpc) is 2.70. The maximum Gasteiger partial charge on any atom is 0.308 e. The zero-order valence-corrected chi connectivity index (χ0v) is 7.77. The Morgan fingerprint density at radius 2 is 2.50 bits per heavy atom. The van der Waals surface area contributed by atoms with Crippen molar-refractivity contribution in [3.63, 3.8) is 0 Å². The van der Waals surface area contributed by atoms with Gasteiger partial charge in [0.2, 0.25) is 0 Å². The van der Waals surface area contributed by atoms with E-state index in [-0.39, 0.29) is 11.8 Å². The minimum absolute atomic E-state index is 0.0903. The maximum absolute atomic E-state index is 11.0. The number of piperidine rings is 1. The van der Waals surface area contributed by atoms with Crippen LogP contribution in [0.2, 0.25) is 0 Å². The first-order valence-electron chi connectivity index (χ1n) is 4.74. The van der Waals surface area contributed by atoms with E-state index in [2.05, 4.69) is 5.32 Å². The molecule has 0 aliphatic carbocycles. The second-order valence-corrected chi connectivity index (χ2v) is 3.60. The third-order valence-electron chi connectivity index (χ3n) is 2.77. The van der Waals surface area contributed by atoms with Crippen molar-refractivity contribution in [3.8, 4) is 0 Å². The second kappa shape index (κ2) is 3.84. The lowest BCUT2D eigenvalue weighted by molar-refractivity contribution is -0.142. The summed E-state index contributed by atoms with van der Waals surface area (Å²) in [5.74, 6) is -0.975. The van der Waals surface area contributed by atoms with Gasteiger partial charge in [0.1, 0.15) is 0 Å². The van der Waals surface area contributed by atoms with Crippen molar-refractivity contribution in [2.45, 2.75) is 12.3 Å². The topological polar surface area (TPSA) is 62.5 Å². The molecule has 1 saturated heterocycles. The van der Waals surface area contributed by atoms with Gasteiger partial charge < -0.3 is 14.8 Å². The highest BCUT2D eigenvalue weighted by atomic mass is 16.4. The molecule has 1 aromatic heterocycles. The summed E-state index contributed by atoms with van der Waals surface area (Å²) in [5.41, 5.74) is 0.999. The van der Waals surface area contributed by atoms with Crippen LogP contribution in [0.15, 0.2) is 23.0 Å². The van der Waals surface area contributed by atoms with Gasteiger partial charge >= 0.3 is 5.97 Å². The molecule has 4 heteroatoms. The van der Waals surface area contributed by atoms with Crippen LogP contribution in [0.25, 0.3) is 0 Å². The van der Waals surface area contributed by atoms with Crippen LogP contribution in [0, 0.1) is 5.92 Å². The quantitative estimate of drug-likeness (QED) is 0.740. The number of rotatable bonds is 2. The van der Waals surface area contributed by atoms with Crippen LogP contribution < -0.4 is 5.32 Å². The van der Waals surface area contributed by atoms with Crippen LogP contribution in [0.5, 0.6) is 0 Å². The van der Waals surface area contributed by atoms with Gasteiger partial charge in [0.05, 0.1) is 18.4 Å². The normalized spacial score (nSPS) is 27.4. The van der Waals surface area contributed by atoms with Crippen molar-refractivity contribution in [1.82, 2.24) is 5.32 Å². The minimum atomic E-state index is -0.733. The number of carboxylic acid groups (broad SMARTS) is 1. The van der Waals surface area contributed by atoms with E-state index in [0.29, 0.717) is 6.54 Å². The zero-order valence-electron chi connectivity index (χ0n) is 7.77. The Kier molecular flexibility index (Phi) is 2.54. The number of hydrogen-bond acceptors (Lipinski definition) is 3. The monoisotopic (exact) mass is 195 g/mol. The standard InChI is InChI=1S/C10H13NO3/c12-10(13)9-5-11-3-1-8(9)7-2-4-14-6-7/h2,4,6,8-9,11H,1,3,5H2,(H,12,13). The molecule has 0 spiro atoms. The summed E-state index contributed by atoms with van der Waals surface area (Å²) >= 11 is 0. The Balaban J connectivity index is 2.18. The van der Waals surface area contributed by atoms with Gasteiger partial charge in [-0.1, -0.05) is 0 Å². The predicted octanol–water partition coefficient (Wildman–Crippen LogP) is 1.06. The molecule has 0 radical (unpaired) electrons. The summed E-state index contributed by atoms with van der Waals surface area (Å²) in [7, 11) is 0. The minimum Gasteiger partial charge on any atom is -0.481 e. The van der Waals surface area contributed by atoms with E-state index in [0.717, 1.165) is 18.5 Å². The third-order valence-corrected chi connectivity index (χ3v) is 2.77. The molecule has 1 aliphatic rings. The van der Waals surface area contributed by atoms with Gasteiger partial charge in [0.15, 0.2) is 0 Å². The molecule has 2 N–H and O–H groups in total. The Labute approximate surface area is 81.9 Å². The van der Waals surface area contributed by atoms with E-state index in [9.17, 15) is 4.79 Å². The van der Waals surface area contributed by atoms with Crippen LogP contribution in [0.4, 0.5) is 0 Å². The number of carboxylic acids is 1. The van der Waals surface area contributed by atoms with Gasteiger partial charge in [-0.05, 0) is 24.6 Å². The molecule has 4 nitrogen and oxygen atoms in total. The molecular weight excluding hydrogens is 182 g/mol. The molecular formula is C10H13NO3. The van der Waals surface area contributed by atoms with Crippen molar-refractivity contribution in [1.29, 1.82) is 0 Å². The molecule has 1 aliphatic heterocycles. The van der Waals surface area contributed by atoms with Crippen LogP contribution in [0.3, 0.4) is 0 Å². The number of nitrogens with one attached hydrogen (secondary N) is 1. The first kappa shape index (κ1) is 9.27. The van der Waals surface area contributed by atoms with E-state index in [4.69, 9.17) is 9.52 Å². The van der Waals surface area contributed by atoms with Crippen molar-refractivity contribution in [3.05, 3.63) is 24.2 Å². The second-order valence-electron chi connectivity index (χ2n) is 3.60. The predicted molar refractivity (Wildman–Crippen MR) is 50.1 cm³/mol. The molecule has 2 atom stereocenters. The molecule has 1 fully saturated rings. The number of carbonyl (C=O) groups is 1. The summed E-state index contributed by atoms with van der Waals surface area (Å²) in [6.07, 6.45) is 4.10. The van der Waals surface area contributed by atoms with E-state index in [1.54, 1.807) is 12.5 Å². The summed E-state index contributed by atoms with van der Waals surface area (Å²) in [4.78, 5) is 11.0. The molecule has 1 aromatic rings. The summed E-state index contributed by atoms with van der Waals surface area (Å²) in [5, 5.41) is 12.1. The van der Waals surface area contributed by atoms with E-state index < -0.39 is 5.97 Å². The highest BCUT2D eigenvalue weighted by Crippen LogP contribution is 2.30. The lowest BCUT2D eigenvalue weighted by atomic mass is 9.82. The van der Waals surface area contributed by atoms with E-state index in [1.807, 2.05) is 6.07 Å². The Hall–Kier alpha value is -1.29. The Morgan fingerprint density at radius 1 is 1.64 bits per heavy atom. The van der Waals surface area contributed by atoms with Crippen LogP contribution in [-0.2, 0) is 4.79 Å². The van der Waals surface area contributed by atoms with Crippen molar-refractivity contribution < 1.29 is 14.3 Å². The molecule has 76 valence electrons. The summed E-state index contributed by atoms with van der Waals surface area (Å²) in [6, 6.07) is 1.85. The molecule has 0 bridgehead atoms.